The molecule has 3 N–H and O–H groups in total. The Hall–Kier alpha value is -1.14. The average molecular weight is 317 g/mol. The molecule has 6 nitrogen and oxygen atoms in total. The first-order chi connectivity index (χ1) is 9.56. The monoisotopic (exact) mass is 316 g/mol. The molecule has 1 aliphatic carbocycles. The Morgan fingerprint density at radius 3 is 2.67 bits per heavy atom. The number of halogens is 1. The minimum Gasteiger partial charge on any atom is -0.353 e. The van der Waals surface area contributed by atoms with Crippen molar-refractivity contribution >= 4 is 18.3 Å². The molecule has 1 aromatic rings. The Balaban J connectivity index is 0.00000220. The number of rotatable bonds is 5. The van der Waals surface area contributed by atoms with E-state index in [9.17, 15) is 4.79 Å². The smallest absolute Gasteiger partial charge is 0.231 e. The van der Waals surface area contributed by atoms with Gasteiger partial charge in [0.25, 0.3) is 0 Å². The van der Waals surface area contributed by atoms with E-state index < -0.39 is 0 Å². The fourth-order valence-electron chi connectivity index (χ4n) is 2.42. The summed E-state index contributed by atoms with van der Waals surface area (Å²) in [5.41, 5.74) is 5.80. The zero-order valence-electron chi connectivity index (χ0n) is 12.7. The van der Waals surface area contributed by atoms with Gasteiger partial charge in [0.15, 0.2) is 5.82 Å². The van der Waals surface area contributed by atoms with Crippen molar-refractivity contribution in [3.05, 3.63) is 11.7 Å². The molecule has 120 valence electrons. The number of nitrogens with zero attached hydrogens (tertiary/aromatic N) is 2. The topological polar surface area (TPSA) is 94.0 Å². The van der Waals surface area contributed by atoms with Crippen LogP contribution in [0.2, 0.25) is 0 Å². The zero-order chi connectivity index (χ0) is 14.5. The van der Waals surface area contributed by atoms with Crippen molar-refractivity contribution in [2.24, 2.45) is 5.73 Å². The molecular formula is C14H25ClN4O2. The average Bonchev–Trinajstić information content (AvgIpc) is 2.87. The molecular weight excluding hydrogens is 292 g/mol. The molecule has 21 heavy (non-hydrogen) atoms. The number of amides is 1. The predicted octanol–water partition coefficient (Wildman–Crippen LogP) is 1.93. The van der Waals surface area contributed by atoms with Crippen LogP contribution in [0.5, 0.6) is 0 Å². The van der Waals surface area contributed by atoms with Gasteiger partial charge < -0.3 is 15.6 Å². The van der Waals surface area contributed by atoms with Gasteiger partial charge in [-0.15, -0.1) is 12.4 Å². The minimum absolute atomic E-state index is 0. The highest BCUT2D eigenvalue weighted by molar-refractivity contribution is 5.85. The lowest BCUT2D eigenvalue weighted by Gasteiger charge is -2.22. The van der Waals surface area contributed by atoms with Crippen LogP contribution in [-0.2, 0) is 11.2 Å². The van der Waals surface area contributed by atoms with Gasteiger partial charge in [-0.05, 0) is 19.8 Å². The number of hydrogen-bond donors (Lipinski definition) is 2. The largest absolute Gasteiger partial charge is 0.353 e. The van der Waals surface area contributed by atoms with E-state index in [1.807, 2.05) is 13.8 Å². The zero-order valence-corrected chi connectivity index (χ0v) is 13.5. The van der Waals surface area contributed by atoms with E-state index in [1.54, 1.807) is 0 Å². The maximum absolute atomic E-state index is 11.9. The van der Waals surface area contributed by atoms with Gasteiger partial charge in [0, 0.05) is 12.1 Å². The molecule has 1 heterocycles. The first-order valence-electron chi connectivity index (χ1n) is 7.43. The highest BCUT2D eigenvalue weighted by atomic mass is 35.5. The maximum atomic E-state index is 11.9. The molecule has 1 saturated carbocycles. The van der Waals surface area contributed by atoms with Crippen molar-refractivity contribution in [2.75, 3.05) is 0 Å². The molecule has 0 radical (unpaired) electrons. The quantitative estimate of drug-likeness (QED) is 0.865. The van der Waals surface area contributed by atoms with Gasteiger partial charge in [-0.2, -0.15) is 4.98 Å². The summed E-state index contributed by atoms with van der Waals surface area (Å²) >= 11 is 0. The van der Waals surface area contributed by atoms with Gasteiger partial charge in [0.1, 0.15) is 0 Å². The normalized spacial score (nSPS) is 18.6. The Morgan fingerprint density at radius 2 is 2.05 bits per heavy atom. The molecule has 2 unspecified atom stereocenters. The SMILES string of the molecule is CC(N)C(C)c1nc(CC(=O)NC2CCCCC2)no1.Cl. The van der Waals surface area contributed by atoms with Crippen LogP contribution in [0.25, 0.3) is 0 Å². The second-order valence-electron chi connectivity index (χ2n) is 5.78. The summed E-state index contributed by atoms with van der Waals surface area (Å²) in [6.45, 7) is 3.83. The van der Waals surface area contributed by atoms with E-state index in [0.29, 0.717) is 17.8 Å². The van der Waals surface area contributed by atoms with Gasteiger partial charge in [-0.1, -0.05) is 31.3 Å². The first kappa shape index (κ1) is 17.9. The number of carbonyl (C=O) groups excluding carboxylic acids is 1. The summed E-state index contributed by atoms with van der Waals surface area (Å²) < 4.78 is 5.16. The molecule has 1 aliphatic rings. The lowest BCUT2D eigenvalue weighted by Crippen LogP contribution is -2.37. The Morgan fingerprint density at radius 1 is 1.38 bits per heavy atom. The van der Waals surface area contributed by atoms with Gasteiger partial charge >= 0.3 is 0 Å². The second-order valence-corrected chi connectivity index (χ2v) is 5.78. The summed E-state index contributed by atoms with van der Waals surface area (Å²) in [4.78, 5) is 16.2. The van der Waals surface area contributed by atoms with Crippen LogP contribution in [0.1, 0.15) is 63.6 Å². The van der Waals surface area contributed by atoms with E-state index in [-0.39, 0.29) is 36.7 Å². The molecule has 1 aromatic heterocycles. The highest BCUT2D eigenvalue weighted by Crippen LogP contribution is 2.18. The van der Waals surface area contributed by atoms with Crippen LogP contribution in [-0.4, -0.2) is 28.1 Å². The number of hydrogen-bond acceptors (Lipinski definition) is 5. The number of nitrogens with two attached hydrogens (primary N) is 1. The maximum Gasteiger partial charge on any atom is 0.231 e. The number of nitrogens with one attached hydrogen (secondary N) is 1. The number of carbonyl (C=O) groups is 1. The van der Waals surface area contributed by atoms with Crippen LogP contribution in [0.15, 0.2) is 4.52 Å². The Bertz CT molecular complexity index is 444. The number of aromatic nitrogens is 2. The minimum atomic E-state index is -0.0561. The van der Waals surface area contributed by atoms with Crippen LogP contribution in [0, 0.1) is 0 Å². The molecule has 2 rings (SSSR count). The standard InChI is InChI=1S/C14H24N4O2.ClH/c1-9(10(2)15)14-17-12(18-20-14)8-13(19)16-11-6-4-3-5-7-11;/h9-11H,3-8,15H2,1-2H3,(H,16,19);1H. The third-order valence-electron chi connectivity index (χ3n) is 3.95. The Labute approximate surface area is 131 Å². The second kappa shape index (κ2) is 8.34. The van der Waals surface area contributed by atoms with Gasteiger partial charge in [0.2, 0.25) is 11.8 Å². The Kier molecular flexibility index (Phi) is 7.11. The summed E-state index contributed by atoms with van der Waals surface area (Å²) in [5.74, 6) is 0.900. The lowest BCUT2D eigenvalue weighted by atomic mass is 9.95. The van der Waals surface area contributed by atoms with Crippen molar-refractivity contribution in [1.29, 1.82) is 0 Å². The van der Waals surface area contributed by atoms with E-state index in [4.69, 9.17) is 10.3 Å². The molecule has 0 saturated heterocycles. The molecule has 1 fully saturated rings. The molecule has 0 bridgehead atoms. The first-order valence-corrected chi connectivity index (χ1v) is 7.43. The van der Waals surface area contributed by atoms with E-state index in [0.717, 1.165) is 12.8 Å². The van der Waals surface area contributed by atoms with Crippen molar-refractivity contribution < 1.29 is 9.32 Å². The van der Waals surface area contributed by atoms with Crippen molar-refractivity contribution in [3.8, 4) is 0 Å². The van der Waals surface area contributed by atoms with Crippen LogP contribution < -0.4 is 11.1 Å². The third-order valence-corrected chi connectivity index (χ3v) is 3.95. The van der Waals surface area contributed by atoms with Crippen LogP contribution >= 0.6 is 12.4 Å². The van der Waals surface area contributed by atoms with Crippen LogP contribution in [0.3, 0.4) is 0 Å². The van der Waals surface area contributed by atoms with Crippen molar-refractivity contribution in [2.45, 2.75) is 70.4 Å². The molecule has 0 spiro atoms. The van der Waals surface area contributed by atoms with E-state index in [1.165, 1.54) is 19.3 Å². The third kappa shape index (κ3) is 5.28. The molecule has 0 aliphatic heterocycles. The summed E-state index contributed by atoms with van der Waals surface area (Å²) in [6.07, 6.45) is 5.99. The van der Waals surface area contributed by atoms with Gasteiger partial charge in [-0.3, -0.25) is 4.79 Å². The predicted molar refractivity (Wildman–Crippen MR) is 82.3 cm³/mol. The summed E-state index contributed by atoms with van der Waals surface area (Å²) in [7, 11) is 0. The fraction of sp³-hybridized carbons (Fsp3) is 0.786. The molecule has 0 aromatic carbocycles. The van der Waals surface area contributed by atoms with E-state index in [2.05, 4.69) is 15.5 Å². The molecule has 2 atom stereocenters. The molecule has 7 heteroatoms. The summed E-state index contributed by atoms with van der Waals surface area (Å²) in [5, 5.41) is 6.89. The summed E-state index contributed by atoms with van der Waals surface area (Å²) in [6, 6.07) is 0.255. The molecule has 1 amide bonds. The van der Waals surface area contributed by atoms with Crippen LogP contribution in [0.4, 0.5) is 0 Å². The fourth-order valence-corrected chi connectivity index (χ4v) is 2.42. The highest BCUT2D eigenvalue weighted by Gasteiger charge is 2.20. The lowest BCUT2D eigenvalue weighted by molar-refractivity contribution is -0.121. The van der Waals surface area contributed by atoms with E-state index >= 15 is 0 Å². The van der Waals surface area contributed by atoms with Gasteiger partial charge in [-0.25, -0.2) is 0 Å². The van der Waals surface area contributed by atoms with Crippen molar-refractivity contribution in [1.82, 2.24) is 15.5 Å². The van der Waals surface area contributed by atoms with Crippen molar-refractivity contribution in [3.63, 3.8) is 0 Å². The van der Waals surface area contributed by atoms with Gasteiger partial charge in [0.05, 0.1) is 12.3 Å².